The summed E-state index contributed by atoms with van der Waals surface area (Å²) in [7, 11) is 0. The number of hydrogen-bond acceptors (Lipinski definition) is 3. The highest BCUT2D eigenvalue weighted by molar-refractivity contribution is 4.86. The fourth-order valence-corrected chi connectivity index (χ4v) is 3.22. The maximum atomic E-state index is 10.1. The van der Waals surface area contributed by atoms with Crippen molar-refractivity contribution >= 4 is 0 Å². The lowest BCUT2D eigenvalue weighted by molar-refractivity contribution is -0.0397. The molecule has 0 spiro atoms. The summed E-state index contributed by atoms with van der Waals surface area (Å²) in [5, 5.41) is 10.1. The Labute approximate surface area is 112 Å². The smallest absolute Gasteiger partial charge is 0.0695 e. The van der Waals surface area contributed by atoms with Gasteiger partial charge in [-0.15, -0.1) is 0 Å². The van der Waals surface area contributed by atoms with E-state index in [9.17, 15) is 5.11 Å². The van der Waals surface area contributed by atoms with E-state index in [1.807, 2.05) is 0 Å². The molecule has 1 saturated carbocycles. The number of rotatable bonds is 4. The van der Waals surface area contributed by atoms with Crippen molar-refractivity contribution in [2.75, 3.05) is 19.7 Å². The van der Waals surface area contributed by atoms with Crippen molar-refractivity contribution in [1.29, 1.82) is 0 Å². The molecular formula is C15H29NO2. The summed E-state index contributed by atoms with van der Waals surface area (Å²) in [5.41, 5.74) is 0. The molecule has 1 heterocycles. The number of nitrogens with zero attached hydrogens (tertiary/aromatic N) is 1. The Balaban J connectivity index is 1.72. The molecule has 1 aliphatic heterocycles. The molecule has 0 radical (unpaired) electrons. The second-order valence-electron chi connectivity index (χ2n) is 6.38. The summed E-state index contributed by atoms with van der Waals surface area (Å²) >= 11 is 0. The predicted octanol–water partition coefficient (Wildman–Crippen LogP) is 2.43. The van der Waals surface area contributed by atoms with Gasteiger partial charge in [0.25, 0.3) is 0 Å². The van der Waals surface area contributed by atoms with E-state index >= 15 is 0 Å². The van der Waals surface area contributed by atoms with E-state index in [-0.39, 0.29) is 6.10 Å². The van der Waals surface area contributed by atoms with Gasteiger partial charge in [0.2, 0.25) is 0 Å². The molecule has 0 bridgehead atoms. The quantitative estimate of drug-likeness (QED) is 0.837. The SMILES string of the molecule is CC(C)COC1CCN(C2CCCCC2O)CC1. The van der Waals surface area contributed by atoms with Gasteiger partial charge >= 0.3 is 0 Å². The molecule has 1 N–H and O–H groups in total. The van der Waals surface area contributed by atoms with Gasteiger partial charge in [-0.1, -0.05) is 26.7 Å². The van der Waals surface area contributed by atoms with Crippen LogP contribution in [-0.4, -0.2) is 48.0 Å². The van der Waals surface area contributed by atoms with E-state index < -0.39 is 0 Å². The van der Waals surface area contributed by atoms with Crippen LogP contribution in [0.25, 0.3) is 0 Å². The fourth-order valence-electron chi connectivity index (χ4n) is 3.22. The van der Waals surface area contributed by atoms with E-state index in [1.54, 1.807) is 0 Å². The molecule has 1 aliphatic carbocycles. The lowest BCUT2D eigenvalue weighted by Crippen LogP contribution is -2.49. The van der Waals surface area contributed by atoms with Gasteiger partial charge in [0, 0.05) is 25.7 Å². The van der Waals surface area contributed by atoms with Crippen LogP contribution in [-0.2, 0) is 4.74 Å². The molecule has 2 aliphatic rings. The van der Waals surface area contributed by atoms with E-state index in [0.717, 1.165) is 39.0 Å². The summed E-state index contributed by atoms with van der Waals surface area (Å²) in [5.74, 6) is 0.628. The highest BCUT2D eigenvalue weighted by atomic mass is 16.5. The average Bonchev–Trinajstić information content (AvgIpc) is 2.38. The standard InChI is InChI=1S/C15H29NO2/c1-12(2)11-18-13-7-9-16(10-8-13)14-5-3-4-6-15(14)17/h12-15,17H,3-11H2,1-2H3. The van der Waals surface area contributed by atoms with Gasteiger partial charge in [-0.25, -0.2) is 0 Å². The van der Waals surface area contributed by atoms with Gasteiger partial charge in [0.05, 0.1) is 12.2 Å². The molecule has 18 heavy (non-hydrogen) atoms. The van der Waals surface area contributed by atoms with Crippen LogP contribution in [0.4, 0.5) is 0 Å². The van der Waals surface area contributed by atoms with Crippen LogP contribution in [0.2, 0.25) is 0 Å². The molecule has 0 aromatic heterocycles. The molecule has 1 saturated heterocycles. The van der Waals surface area contributed by atoms with E-state index in [2.05, 4.69) is 18.7 Å². The van der Waals surface area contributed by atoms with E-state index in [0.29, 0.717) is 18.1 Å². The minimum atomic E-state index is -0.0908. The Hall–Kier alpha value is -0.120. The van der Waals surface area contributed by atoms with E-state index in [1.165, 1.54) is 19.3 Å². The van der Waals surface area contributed by atoms with Crippen LogP contribution in [0.5, 0.6) is 0 Å². The van der Waals surface area contributed by atoms with Gasteiger partial charge in [0.1, 0.15) is 0 Å². The van der Waals surface area contributed by atoms with Crippen LogP contribution < -0.4 is 0 Å². The molecule has 3 nitrogen and oxygen atoms in total. The third kappa shape index (κ3) is 3.94. The number of hydrogen-bond donors (Lipinski definition) is 1. The normalized spacial score (nSPS) is 32.0. The lowest BCUT2D eigenvalue weighted by Gasteiger charge is -2.41. The number of ether oxygens (including phenoxy) is 1. The first-order chi connectivity index (χ1) is 8.66. The summed E-state index contributed by atoms with van der Waals surface area (Å²) in [6.07, 6.45) is 7.28. The summed E-state index contributed by atoms with van der Waals surface area (Å²) in [6, 6.07) is 0.421. The zero-order chi connectivity index (χ0) is 13.0. The zero-order valence-electron chi connectivity index (χ0n) is 12.0. The third-order valence-electron chi connectivity index (χ3n) is 4.30. The second kappa shape index (κ2) is 6.88. The van der Waals surface area contributed by atoms with Gasteiger partial charge in [-0.3, -0.25) is 4.90 Å². The maximum Gasteiger partial charge on any atom is 0.0695 e. The van der Waals surface area contributed by atoms with Crippen LogP contribution in [0.15, 0.2) is 0 Å². The highest BCUT2D eigenvalue weighted by Crippen LogP contribution is 2.26. The van der Waals surface area contributed by atoms with E-state index in [4.69, 9.17) is 4.74 Å². The molecule has 3 heteroatoms. The fraction of sp³-hybridized carbons (Fsp3) is 1.00. The monoisotopic (exact) mass is 255 g/mol. The molecule has 2 unspecified atom stereocenters. The van der Waals surface area contributed by atoms with Crippen molar-refractivity contribution in [3.63, 3.8) is 0 Å². The highest BCUT2D eigenvalue weighted by Gasteiger charge is 2.31. The summed E-state index contributed by atoms with van der Waals surface area (Å²) in [4.78, 5) is 2.50. The van der Waals surface area contributed by atoms with Crippen LogP contribution in [0.1, 0.15) is 52.4 Å². The Morgan fingerprint density at radius 2 is 1.78 bits per heavy atom. The summed E-state index contributed by atoms with van der Waals surface area (Å²) in [6.45, 7) is 7.49. The summed E-state index contributed by atoms with van der Waals surface area (Å²) < 4.78 is 5.92. The van der Waals surface area contributed by atoms with Gasteiger partial charge < -0.3 is 9.84 Å². The van der Waals surface area contributed by atoms with Crippen molar-refractivity contribution in [3.05, 3.63) is 0 Å². The minimum Gasteiger partial charge on any atom is -0.391 e. The van der Waals surface area contributed by atoms with Crippen LogP contribution in [0.3, 0.4) is 0 Å². The topological polar surface area (TPSA) is 32.7 Å². The second-order valence-corrected chi connectivity index (χ2v) is 6.38. The maximum absolute atomic E-state index is 10.1. The predicted molar refractivity (Wildman–Crippen MR) is 73.6 cm³/mol. The Bertz CT molecular complexity index is 237. The molecule has 0 amide bonds. The van der Waals surface area contributed by atoms with Gasteiger partial charge in [0.15, 0.2) is 0 Å². The molecule has 2 rings (SSSR count). The molecule has 106 valence electrons. The zero-order valence-corrected chi connectivity index (χ0v) is 12.0. The van der Waals surface area contributed by atoms with Crippen LogP contribution >= 0.6 is 0 Å². The minimum absolute atomic E-state index is 0.0908. The van der Waals surface area contributed by atoms with Crippen molar-refractivity contribution in [2.45, 2.75) is 70.6 Å². The molecule has 2 atom stereocenters. The van der Waals surface area contributed by atoms with Crippen molar-refractivity contribution in [1.82, 2.24) is 4.90 Å². The molecule has 0 aromatic carbocycles. The molecular weight excluding hydrogens is 226 g/mol. The van der Waals surface area contributed by atoms with Gasteiger partial charge in [-0.2, -0.15) is 0 Å². The van der Waals surface area contributed by atoms with Crippen LogP contribution in [0, 0.1) is 5.92 Å². The first kappa shape index (κ1) is 14.3. The lowest BCUT2D eigenvalue weighted by atomic mass is 9.90. The number of aliphatic hydroxyl groups excluding tert-OH is 1. The number of likely N-dealkylation sites (tertiary alicyclic amines) is 1. The first-order valence-corrected chi connectivity index (χ1v) is 7.70. The molecule has 2 fully saturated rings. The number of piperidine rings is 1. The number of aliphatic hydroxyl groups is 1. The van der Waals surface area contributed by atoms with Crippen molar-refractivity contribution in [2.24, 2.45) is 5.92 Å². The van der Waals surface area contributed by atoms with Crippen molar-refractivity contribution < 1.29 is 9.84 Å². The first-order valence-electron chi connectivity index (χ1n) is 7.70. The Morgan fingerprint density at radius 1 is 1.11 bits per heavy atom. The average molecular weight is 255 g/mol. The van der Waals surface area contributed by atoms with Crippen molar-refractivity contribution in [3.8, 4) is 0 Å². The van der Waals surface area contributed by atoms with Gasteiger partial charge in [-0.05, 0) is 31.6 Å². The largest absolute Gasteiger partial charge is 0.391 e. The Kier molecular flexibility index (Phi) is 5.46. The third-order valence-corrected chi connectivity index (χ3v) is 4.30. The molecule has 0 aromatic rings. The Morgan fingerprint density at radius 3 is 2.39 bits per heavy atom.